The van der Waals surface area contributed by atoms with Crippen molar-refractivity contribution in [3.63, 3.8) is 0 Å². The zero-order valence-corrected chi connectivity index (χ0v) is 62.0. The molecule has 18 heteroatoms. The van der Waals surface area contributed by atoms with Crippen molar-refractivity contribution < 1.29 is 75.8 Å². The number of allylic oxidation sites excluding steroid dienone is 24. The van der Waals surface area contributed by atoms with Gasteiger partial charge in [-0.2, -0.15) is 0 Å². The lowest BCUT2D eigenvalue weighted by Gasteiger charge is -2.21. The van der Waals surface area contributed by atoms with E-state index in [1.54, 1.807) is 0 Å². The van der Waals surface area contributed by atoms with Gasteiger partial charge in [-0.15, -0.1) is 0 Å². The Balaban J connectivity index is 4.47. The van der Waals surface area contributed by atoms with E-state index in [0.717, 1.165) is 135 Å². The number of carbonyl (C=O) groups excluding carboxylic acids is 3. The van der Waals surface area contributed by atoms with Crippen LogP contribution in [0.1, 0.15) is 278 Å². The molecule has 0 aromatic rings. The van der Waals surface area contributed by atoms with Crippen LogP contribution in [0.2, 0.25) is 0 Å². The molecular formula is C79H132O16P2. The highest BCUT2D eigenvalue weighted by molar-refractivity contribution is 7.47. The predicted molar refractivity (Wildman–Crippen MR) is 399 cm³/mol. The highest BCUT2D eigenvalue weighted by Gasteiger charge is 2.29. The van der Waals surface area contributed by atoms with E-state index >= 15 is 0 Å². The van der Waals surface area contributed by atoms with Gasteiger partial charge in [-0.1, -0.05) is 276 Å². The van der Waals surface area contributed by atoms with Crippen molar-refractivity contribution in [3.8, 4) is 0 Å². The van der Waals surface area contributed by atoms with Gasteiger partial charge < -0.3 is 34.2 Å². The summed E-state index contributed by atoms with van der Waals surface area (Å²) in [6, 6.07) is 0. The molecule has 0 aromatic heterocycles. The number of hydrogen-bond acceptors (Lipinski definition) is 14. The molecule has 5 atom stereocenters. The number of carbonyl (C=O) groups is 3. The summed E-state index contributed by atoms with van der Waals surface area (Å²) in [7, 11) is -9.80. The van der Waals surface area contributed by atoms with Gasteiger partial charge in [-0.3, -0.25) is 32.5 Å². The topological polar surface area (TPSA) is 231 Å². The van der Waals surface area contributed by atoms with Crippen LogP contribution in [0.5, 0.6) is 0 Å². The second-order valence-electron chi connectivity index (χ2n) is 24.3. The Kier molecular flexibility index (Phi) is 67.9. The molecule has 97 heavy (non-hydrogen) atoms. The average molecular weight is 1400 g/mol. The molecule has 0 spiro atoms. The largest absolute Gasteiger partial charge is 0.472 e. The maximum absolute atomic E-state index is 12.9. The Hall–Kier alpha value is -4.57. The molecule has 0 aromatic carbocycles. The molecule has 0 aliphatic carbocycles. The first kappa shape index (κ1) is 92.4. The van der Waals surface area contributed by atoms with Crippen LogP contribution in [0.15, 0.2) is 146 Å². The zero-order valence-electron chi connectivity index (χ0n) is 60.2. The third kappa shape index (κ3) is 72.5. The summed E-state index contributed by atoms with van der Waals surface area (Å²) in [5, 5.41) is 20.6. The van der Waals surface area contributed by atoms with E-state index in [4.69, 9.17) is 32.3 Å². The minimum absolute atomic E-state index is 0.0725. The van der Waals surface area contributed by atoms with Gasteiger partial charge in [0.1, 0.15) is 25.4 Å². The molecule has 0 amide bonds. The summed E-state index contributed by atoms with van der Waals surface area (Å²) in [6.45, 7) is 2.28. The molecule has 5 unspecified atom stereocenters. The van der Waals surface area contributed by atoms with E-state index < -0.39 is 91.5 Å². The Morgan fingerprint density at radius 3 is 0.907 bits per heavy atom. The van der Waals surface area contributed by atoms with Crippen LogP contribution >= 0.6 is 15.6 Å². The molecule has 0 saturated carbocycles. The lowest BCUT2D eigenvalue weighted by molar-refractivity contribution is -0.161. The molecule has 16 nitrogen and oxygen atoms in total. The molecule has 0 rings (SSSR count). The molecule has 0 saturated heterocycles. The lowest BCUT2D eigenvalue weighted by Crippen LogP contribution is -2.30. The van der Waals surface area contributed by atoms with Crippen molar-refractivity contribution in [1.82, 2.24) is 0 Å². The van der Waals surface area contributed by atoms with Crippen molar-refractivity contribution in [2.24, 2.45) is 0 Å². The number of aliphatic hydroxyl groups excluding tert-OH is 2. The number of phosphoric ester groups is 2. The Labute approximate surface area is 587 Å². The molecule has 0 radical (unpaired) electrons. The van der Waals surface area contributed by atoms with Gasteiger partial charge in [-0.25, -0.2) is 9.13 Å². The van der Waals surface area contributed by atoms with Crippen molar-refractivity contribution >= 4 is 33.6 Å². The van der Waals surface area contributed by atoms with Gasteiger partial charge in [0.2, 0.25) is 0 Å². The molecule has 0 fully saturated rings. The van der Waals surface area contributed by atoms with E-state index in [0.29, 0.717) is 25.7 Å². The van der Waals surface area contributed by atoms with E-state index in [-0.39, 0.29) is 19.3 Å². The summed E-state index contributed by atoms with van der Waals surface area (Å²) in [6.07, 6.45) is 86.4. The average Bonchev–Trinajstić information content (AvgIpc) is 1.62. The number of ether oxygens (including phenoxy) is 3. The standard InChI is InChI=1S/C79H132O16P2/c1-4-7-10-13-16-19-22-25-27-29-30-31-32-33-34-35-36-37-38-39-40-41-42-44-46-48-50-53-56-59-62-65-77(82)89-68-74(80)69-91-96(85,86)92-70-75(81)71-93-97(87,88)94-73-76(95-79(84)67-64-61-58-55-52-47-24-21-18-15-12-9-6-3)72-90-78(83)66-63-60-57-54-51-49-45-43-28-26-23-20-17-14-11-8-5-2/h7-8,10-12,15-17,19-21,24-28,30-31,33-34,45,49,54,57,74-76,80-81H,4-6,9,13-14,18,22-23,29,32,35-44,46-48,50-53,55-56,58-73H2,1-3H3,(H,85,86)(H,87,88)/b10-7-,11-8-,15-12-,19-16-,20-17-,24-21-,27-25-,28-26-,31-30-,34-33-,49-45-,57-54-. The first-order valence-corrected chi connectivity index (χ1v) is 40.1. The molecule has 0 bridgehead atoms. The smallest absolute Gasteiger partial charge is 0.463 e. The van der Waals surface area contributed by atoms with Crippen molar-refractivity contribution in [3.05, 3.63) is 146 Å². The maximum atomic E-state index is 12.9. The van der Waals surface area contributed by atoms with Gasteiger partial charge in [0, 0.05) is 19.3 Å². The summed E-state index contributed by atoms with van der Waals surface area (Å²) in [5.74, 6) is -1.67. The molecular weight excluding hydrogens is 1270 g/mol. The fourth-order valence-electron chi connectivity index (χ4n) is 9.44. The molecule has 4 N–H and O–H groups in total. The quantitative estimate of drug-likeness (QED) is 0.0146. The number of phosphoric acid groups is 2. The molecule has 0 heterocycles. The third-order valence-electron chi connectivity index (χ3n) is 15.0. The van der Waals surface area contributed by atoms with E-state index in [1.165, 1.54) is 77.0 Å². The highest BCUT2D eigenvalue weighted by atomic mass is 31.2. The minimum Gasteiger partial charge on any atom is -0.463 e. The summed E-state index contributed by atoms with van der Waals surface area (Å²) in [4.78, 5) is 58.4. The Morgan fingerprint density at radius 2 is 0.557 bits per heavy atom. The van der Waals surface area contributed by atoms with Crippen LogP contribution in [-0.4, -0.2) is 95.9 Å². The summed E-state index contributed by atoms with van der Waals surface area (Å²) in [5.41, 5.74) is 0. The van der Waals surface area contributed by atoms with Crippen LogP contribution in [0.25, 0.3) is 0 Å². The number of hydrogen-bond donors (Lipinski definition) is 4. The highest BCUT2D eigenvalue weighted by Crippen LogP contribution is 2.45. The lowest BCUT2D eigenvalue weighted by atomic mass is 10.0. The maximum Gasteiger partial charge on any atom is 0.472 e. The first-order valence-electron chi connectivity index (χ1n) is 37.1. The number of aliphatic hydroxyl groups is 2. The van der Waals surface area contributed by atoms with Crippen LogP contribution in [0.4, 0.5) is 0 Å². The fraction of sp³-hybridized carbons (Fsp3) is 0.658. The van der Waals surface area contributed by atoms with Crippen molar-refractivity contribution in [2.75, 3.05) is 39.6 Å². The SMILES string of the molecule is CC/C=C\C/C=C\C/C=C\C/C=C\C/C=C\CCCCCCCCCCCCCCCCCC(=O)OCC(O)COP(=O)(O)OCC(O)COP(=O)(O)OCC(COC(=O)CCC/C=C\C/C=C\C/C=C\C/C=C\C/C=C\CC)OC(=O)CCCCCCC/C=C\C/C=C\CCC. The monoisotopic (exact) mass is 1400 g/mol. The van der Waals surface area contributed by atoms with Crippen LogP contribution in [0, 0.1) is 0 Å². The van der Waals surface area contributed by atoms with Gasteiger partial charge in [-0.05, 0) is 128 Å². The van der Waals surface area contributed by atoms with Crippen LogP contribution in [-0.2, 0) is 55.8 Å². The van der Waals surface area contributed by atoms with Crippen LogP contribution in [0.3, 0.4) is 0 Å². The van der Waals surface area contributed by atoms with E-state index in [9.17, 15) is 43.5 Å². The van der Waals surface area contributed by atoms with Gasteiger partial charge in [0.15, 0.2) is 6.10 Å². The normalized spacial score (nSPS) is 14.9. The third-order valence-corrected chi connectivity index (χ3v) is 16.9. The number of rotatable bonds is 69. The van der Waals surface area contributed by atoms with E-state index in [2.05, 4.69) is 154 Å². The predicted octanol–water partition coefficient (Wildman–Crippen LogP) is 21.3. The molecule has 554 valence electrons. The van der Waals surface area contributed by atoms with Crippen molar-refractivity contribution in [2.45, 2.75) is 296 Å². The molecule has 0 aliphatic rings. The van der Waals surface area contributed by atoms with Gasteiger partial charge >= 0.3 is 33.6 Å². The number of esters is 3. The van der Waals surface area contributed by atoms with Crippen LogP contribution < -0.4 is 0 Å². The minimum atomic E-state index is -4.94. The second-order valence-corrected chi connectivity index (χ2v) is 27.2. The van der Waals surface area contributed by atoms with Gasteiger partial charge in [0.25, 0.3) is 0 Å². The van der Waals surface area contributed by atoms with Gasteiger partial charge in [0.05, 0.1) is 26.4 Å². The number of unbranched alkanes of at least 4 members (excludes halogenated alkanes) is 22. The summed E-state index contributed by atoms with van der Waals surface area (Å²) < 4.78 is 60.9. The first-order chi connectivity index (χ1) is 47.2. The van der Waals surface area contributed by atoms with Crippen molar-refractivity contribution in [1.29, 1.82) is 0 Å². The Bertz CT molecular complexity index is 2350. The molecule has 0 aliphatic heterocycles. The fourth-order valence-corrected chi connectivity index (χ4v) is 11.0. The second kappa shape index (κ2) is 71.3. The Morgan fingerprint density at radius 1 is 0.299 bits per heavy atom. The summed E-state index contributed by atoms with van der Waals surface area (Å²) >= 11 is 0. The van der Waals surface area contributed by atoms with E-state index in [1.807, 2.05) is 12.2 Å². The zero-order chi connectivity index (χ0) is 70.9.